The number of methoxy groups -OCH3 is 1. The molecule has 1 amide bonds. The second-order valence-corrected chi connectivity index (χ2v) is 6.98. The normalized spacial score (nSPS) is 12.9. The topological polar surface area (TPSA) is 77.4 Å². The fraction of sp³-hybridized carbons (Fsp3) is 0.765. The standard InChI is InChI=1S/C17H32N4O3/c1-13-14(11-20-21(13)5)10-19-15(12-23-6)8-7-9-18-16(22)24-17(2,3)4/h11,15,19H,7-10,12H2,1-6H3,(H,18,22). The molecule has 1 unspecified atom stereocenters. The zero-order valence-corrected chi connectivity index (χ0v) is 15.8. The van der Waals surface area contributed by atoms with Crippen molar-refractivity contribution in [2.75, 3.05) is 20.3 Å². The monoisotopic (exact) mass is 340 g/mol. The second-order valence-electron chi connectivity index (χ2n) is 6.98. The van der Waals surface area contributed by atoms with Gasteiger partial charge < -0.3 is 20.1 Å². The molecule has 1 rings (SSSR count). The summed E-state index contributed by atoms with van der Waals surface area (Å²) in [6.07, 6.45) is 3.27. The van der Waals surface area contributed by atoms with E-state index in [1.807, 2.05) is 38.7 Å². The van der Waals surface area contributed by atoms with Gasteiger partial charge in [-0.3, -0.25) is 4.68 Å². The van der Waals surface area contributed by atoms with E-state index in [-0.39, 0.29) is 12.1 Å². The summed E-state index contributed by atoms with van der Waals surface area (Å²) >= 11 is 0. The molecule has 2 N–H and O–H groups in total. The molecule has 1 aromatic heterocycles. The summed E-state index contributed by atoms with van der Waals surface area (Å²) < 4.78 is 12.4. The first kappa shape index (κ1) is 20.4. The van der Waals surface area contributed by atoms with E-state index in [2.05, 4.69) is 22.7 Å². The van der Waals surface area contributed by atoms with Crippen LogP contribution in [0.1, 0.15) is 44.9 Å². The van der Waals surface area contributed by atoms with Crippen LogP contribution in [-0.2, 0) is 23.1 Å². The van der Waals surface area contributed by atoms with E-state index in [1.165, 1.54) is 5.56 Å². The van der Waals surface area contributed by atoms with Crippen LogP contribution in [0.2, 0.25) is 0 Å². The van der Waals surface area contributed by atoms with E-state index in [0.717, 1.165) is 25.1 Å². The number of amides is 1. The van der Waals surface area contributed by atoms with Gasteiger partial charge in [0.2, 0.25) is 0 Å². The smallest absolute Gasteiger partial charge is 0.407 e. The van der Waals surface area contributed by atoms with Crippen LogP contribution >= 0.6 is 0 Å². The van der Waals surface area contributed by atoms with Gasteiger partial charge in [0.05, 0.1) is 12.8 Å². The van der Waals surface area contributed by atoms with Crippen molar-refractivity contribution in [2.24, 2.45) is 7.05 Å². The summed E-state index contributed by atoms with van der Waals surface area (Å²) in [4.78, 5) is 11.6. The Bertz CT molecular complexity index is 508. The van der Waals surface area contributed by atoms with Crippen molar-refractivity contribution >= 4 is 6.09 Å². The molecule has 0 bridgehead atoms. The molecule has 1 heterocycles. The number of carbonyl (C=O) groups excluding carboxylic acids is 1. The third kappa shape index (κ3) is 7.79. The second kappa shape index (κ2) is 9.64. The van der Waals surface area contributed by atoms with Crippen molar-refractivity contribution in [1.29, 1.82) is 0 Å². The highest BCUT2D eigenvalue weighted by Gasteiger charge is 2.16. The van der Waals surface area contributed by atoms with Crippen LogP contribution in [0.5, 0.6) is 0 Å². The predicted octanol–water partition coefficient (Wildman–Crippen LogP) is 2.14. The van der Waals surface area contributed by atoms with Crippen LogP contribution < -0.4 is 10.6 Å². The maximum atomic E-state index is 11.6. The number of nitrogens with one attached hydrogen (secondary N) is 2. The largest absolute Gasteiger partial charge is 0.444 e. The van der Waals surface area contributed by atoms with Gasteiger partial charge in [0.1, 0.15) is 5.60 Å². The Kier molecular flexibility index (Phi) is 8.21. The molecule has 0 aliphatic carbocycles. The number of hydrogen-bond donors (Lipinski definition) is 2. The van der Waals surface area contributed by atoms with Crippen LogP contribution in [0.4, 0.5) is 4.79 Å². The molecule has 7 heteroatoms. The van der Waals surface area contributed by atoms with Gasteiger partial charge in [-0.25, -0.2) is 4.79 Å². The van der Waals surface area contributed by atoms with Gasteiger partial charge >= 0.3 is 6.09 Å². The zero-order valence-electron chi connectivity index (χ0n) is 15.8. The summed E-state index contributed by atoms with van der Waals surface area (Å²) in [5, 5.41) is 10.5. The fourth-order valence-corrected chi connectivity index (χ4v) is 2.27. The first-order chi connectivity index (χ1) is 11.2. The molecule has 0 saturated carbocycles. The van der Waals surface area contributed by atoms with Crippen molar-refractivity contribution in [3.8, 4) is 0 Å². The molecule has 24 heavy (non-hydrogen) atoms. The van der Waals surface area contributed by atoms with Gasteiger partial charge in [-0.2, -0.15) is 5.10 Å². The average Bonchev–Trinajstić information content (AvgIpc) is 2.79. The quantitative estimate of drug-likeness (QED) is 0.674. The molecule has 7 nitrogen and oxygen atoms in total. The maximum Gasteiger partial charge on any atom is 0.407 e. The summed E-state index contributed by atoms with van der Waals surface area (Å²) in [6.45, 7) is 9.59. The van der Waals surface area contributed by atoms with Gasteiger partial charge in [0.15, 0.2) is 0 Å². The number of alkyl carbamates (subject to hydrolysis) is 1. The van der Waals surface area contributed by atoms with Gasteiger partial charge in [-0.05, 0) is 40.5 Å². The number of nitrogens with zero attached hydrogens (tertiary/aromatic N) is 2. The van der Waals surface area contributed by atoms with Crippen LogP contribution in [0.3, 0.4) is 0 Å². The molecule has 0 aliphatic heterocycles. The molecular weight excluding hydrogens is 308 g/mol. The van der Waals surface area contributed by atoms with E-state index in [0.29, 0.717) is 13.2 Å². The SMILES string of the molecule is COCC(CCCNC(=O)OC(C)(C)C)NCc1cnn(C)c1C. The minimum atomic E-state index is -0.466. The van der Waals surface area contributed by atoms with Crippen LogP contribution in [0.25, 0.3) is 0 Å². The highest BCUT2D eigenvalue weighted by molar-refractivity contribution is 5.67. The average molecular weight is 340 g/mol. The first-order valence-electron chi connectivity index (χ1n) is 8.39. The van der Waals surface area contributed by atoms with Crippen molar-refractivity contribution in [1.82, 2.24) is 20.4 Å². The Morgan fingerprint density at radius 2 is 2.12 bits per heavy atom. The van der Waals surface area contributed by atoms with E-state index < -0.39 is 5.60 Å². The van der Waals surface area contributed by atoms with Crippen molar-refractivity contribution in [3.63, 3.8) is 0 Å². The van der Waals surface area contributed by atoms with E-state index >= 15 is 0 Å². The third-order valence-electron chi connectivity index (χ3n) is 3.68. The summed E-state index contributed by atoms with van der Waals surface area (Å²) in [5.41, 5.74) is 1.88. The van der Waals surface area contributed by atoms with E-state index in [1.54, 1.807) is 7.11 Å². The van der Waals surface area contributed by atoms with Crippen molar-refractivity contribution in [2.45, 2.75) is 58.7 Å². The lowest BCUT2D eigenvalue weighted by atomic mass is 10.1. The Hall–Kier alpha value is -1.60. The van der Waals surface area contributed by atoms with Crippen LogP contribution in [0, 0.1) is 6.92 Å². The first-order valence-corrected chi connectivity index (χ1v) is 8.39. The number of carbonyl (C=O) groups is 1. The predicted molar refractivity (Wildman–Crippen MR) is 93.9 cm³/mol. The molecule has 1 atom stereocenters. The zero-order chi connectivity index (χ0) is 18.2. The number of rotatable bonds is 9. The number of aryl methyl sites for hydroxylation is 1. The van der Waals surface area contributed by atoms with E-state index in [9.17, 15) is 4.79 Å². The molecule has 0 radical (unpaired) electrons. The summed E-state index contributed by atoms with van der Waals surface area (Å²) in [5.74, 6) is 0. The molecule has 138 valence electrons. The number of aromatic nitrogens is 2. The number of ether oxygens (including phenoxy) is 2. The fourth-order valence-electron chi connectivity index (χ4n) is 2.27. The Balaban J connectivity index is 2.30. The van der Waals surface area contributed by atoms with Crippen LogP contribution in [0.15, 0.2) is 6.20 Å². The van der Waals surface area contributed by atoms with E-state index in [4.69, 9.17) is 9.47 Å². The third-order valence-corrected chi connectivity index (χ3v) is 3.68. The minimum Gasteiger partial charge on any atom is -0.444 e. The molecule has 0 aliphatic rings. The molecule has 0 saturated heterocycles. The Morgan fingerprint density at radius 3 is 2.67 bits per heavy atom. The van der Waals surface area contributed by atoms with Crippen molar-refractivity contribution in [3.05, 3.63) is 17.5 Å². The lowest BCUT2D eigenvalue weighted by Crippen LogP contribution is -2.35. The van der Waals surface area contributed by atoms with Crippen molar-refractivity contribution < 1.29 is 14.3 Å². The molecule has 0 aromatic carbocycles. The van der Waals surface area contributed by atoms with Crippen LogP contribution in [-0.4, -0.2) is 47.8 Å². The highest BCUT2D eigenvalue weighted by atomic mass is 16.6. The lowest BCUT2D eigenvalue weighted by Gasteiger charge is -2.20. The van der Waals surface area contributed by atoms with Gasteiger partial charge in [0, 0.05) is 44.5 Å². The molecule has 1 aromatic rings. The van der Waals surface area contributed by atoms with Gasteiger partial charge in [0.25, 0.3) is 0 Å². The maximum absolute atomic E-state index is 11.6. The Morgan fingerprint density at radius 1 is 1.42 bits per heavy atom. The van der Waals surface area contributed by atoms with Gasteiger partial charge in [-0.15, -0.1) is 0 Å². The summed E-state index contributed by atoms with van der Waals surface area (Å²) in [6, 6.07) is 0.232. The highest BCUT2D eigenvalue weighted by Crippen LogP contribution is 2.08. The molecular formula is C17H32N4O3. The Labute approximate surface area is 145 Å². The minimum absolute atomic E-state index is 0.232. The summed E-state index contributed by atoms with van der Waals surface area (Å²) in [7, 11) is 3.64. The molecule has 0 spiro atoms. The lowest BCUT2D eigenvalue weighted by molar-refractivity contribution is 0.0526. The van der Waals surface area contributed by atoms with Gasteiger partial charge in [-0.1, -0.05) is 0 Å². The molecule has 0 fully saturated rings. The number of hydrogen-bond acceptors (Lipinski definition) is 5.